The summed E-state index contributed by atoms with van der Waals surface area (Å²) in [5.41, 5.74) is 5.30. The SMILES string of the molecule is CCCCCCCCCO[C@@H]1[C@H](O)[C@@H](CO)O[C@H]1n1cnc2c(=O)[nH]c(N)nc21.CCCCCCCCCO[C@@H]1[C@H](O)[C@@H](CO)O[C@H]1n1cnc2c(=O)[nH]c(NC(=O)C(C)C)nc21. The fraction of sp³-hybridized carbons (Fsp3) is 0.738. The van der Waals surface area contributed by atoms with E-state index in [1.54, 1.807) is 13.8 Å². The molecule has 2 saturated heterocycles. The molecule has 2 fully saturated rings. The minimum atomic E-state index is -1.06. The molecule has 0 spiro atoms. The van der Waals surface area contributed by atoms with Gasteiger partial charge in [-0.3, -0.25) is 38.8 Å². The first-order valence-corrected chi connectivity index (χ1v) is 22.6. The van der Waals surface area contributed by atoms with E-state index in [9.17, 15) is 34.8 Å². The van der Waals surface area contributed by atoms with Crippen LogP contribution in [0.4, 0.5) is 11.9 Å². The molecular weight excluding hydrogens is 821 g/mol. The number of H-pyrrole nitrogens is 2. The van der Waals surface area contributed by atoms with E-state index in [1.165, 1.54) is 73.2 Å². The number of aromatic amines is 2. The first kappa shape index (κ1) is 49.7. The van der Waals surface area contributed by atoms with Crippen LogP contribution in [0, 0.1) is 5.92 Å². The summed E-state index contributed by atoms with van der Waals surface area (Å²) in [6.45, 7) is 8.01. The summed E-state index contributed by atoms with van der Waals surface area (Å²) < 4.78 is 26.6. The summed E-state index contributed by atoms with van der Waals surface area (Å²) in [4.78, 5) is 58.2. The Hall–Kier alpha value is -4.35. The van der Waals surface area contributed by atoms with Crippen molar-refractivity contribution >= 4 is 40.1 Å². The van der Waals surface area contributed by atoms with Crippen LogP contribution < -0.4 is 22.2 Å². The monoisotopic (exact) mass is 889 g/mol. The lowest BCUT2D eigenvalue weighted by Gasteiger charge is -2.22. The number of imidazole rings is 2. The van der Waals surface area contributed by atoms with Crippen LogP contribution >= 0.6 is 0 Å². The lowest BCUT2D eigenvalue weighted by atomic mass is 10.1. The number of aromatic nitrogens is 8. The van der Waals surface area contributed by atoms with Gasteiger partial charge >= 0.3 is 0 Å². The average Bonchev–Trinajstić information content (AvgIpc) is 4.03. The van der Waals surface area contributed by atoms with Gasteiger partial charge in [-0.2, -0.15) is 9.97 Å². The van der Waals surface area contributed by atoms with Crippen molar-refractivity contribution in [1.29, 1.82) is 0 Å². The highest BCUT2D eigenvalue weighted by atomic mass is 16.6. The van der Waals surface area contributed by atoms with E-state index in [0.29, 0.717) is 13.2 Å². The number of unbranched alkanes of at least 4 members (excludes halogenated alkanes) is 12. The number of carbonyl (C=O) groups excluding carboxylic acids is 1. The highest BCUT2D eigenvalue weighted by Gasteiger charge is 2.47. The molecule has 4 aromatic rings. The number of amides is 1. The third-order valence-electron chi connectivity index (χ3n) is 11.3. The maximum atomic E-state index is 12.5. The fourth-order valence-corrected chi connectivity index (χ4v) is 7.67. The zero-order valence-electron chi connectivity index (χ0n) is 37.0. The predicted molar refractivity (Wildman–Crippen MR) is 234 cm³/mol. The van der Waals surface area contributed by atoms with Crippen molar-refractivity contribution in [2.75, 3.05) is 37.5 Å². The van der Waals surface area contributed by atoms with Gasteiger partial charge in [0.1, 0.15) is 36.6 Å². The zero-order valence-corrected chi connectivity index (χ0v) is 37.0. The molecule has 1 amide bonds. The first-order valence-electron chi connectivity index (χ1n) is 22.6. The van der Waals surface area contributed by atoms with Gasteiger partial charge in [-0.15, -0.1) is 0 Å². The van der Waals surface area contributed by atoms with Crippen molar-refractivity contribution in [1.82, 2.24) is 39.0 Å². The van der Waals surface area contributed by atoms with E-state index in [0.717, 1.165) is 38.5 Å². The van der Waals surface area contributed by atoms with Crippen LogP contribution in [0.1, 0.15) is 130 Å². The summed E-state index contributed by atoms with van der Waals surface area (Å²) in [7, 11) is 0. The Labute approximate surface area is 366 Å². The van der Waals surface area contributed by atoms with E-state index < -0.39 is 60.2 Å². The third kappa shape index (κ3) is 12.9. The molecule has 6 rings (SSSR count). The second-order valence-electron chi connectivity index (χ2n) is 16.5. The van der Waals surface area contributed by atoms with Crippen LogP contribution in [0.25, 0.3) is 22.3 Å². The Bertz CT molecular complexity index is 2120. The Kier molecular flexibility index (Phi) is 19.4. The van der Waals surface area contributed by atoms with Crippen LogP contribution in [0.5, 0.6) is 0 Å². The van der Waals surface area contributed by atoms with Gasteiger partial charge in [0.05, 0.1) is 25.9 Å². The fourth-order valence-electron chi connectivity index (χ4n) is 7.67. The predicted octanol–water partition coefficient (Wildman–Crippen LogP) is 3.19. The number of carbonyl (C=O) groups is 1. The number of nitrogens with zero attached hydrogens (tertiary/aromatic N) is 6. The van der Waals surface area contributed by atoms with Gasteiger partial charge in [-0.25, -0.2) is 9.97 Å². The number of aliphatic hydroxyl groups is 4. The maximum absolute atomic E-state index is 12.5. The zero-order chi connectivity index (χ0) is 45.5. The molecule has 0 radical (unpaired) electrons. The molecule has 4 aromatic heterocycles. The number of fused-ring (bicyclic) bond motifs is 2. The number of rotatable bonds is 24. The van der Waals surface area contributed by atoms with E-state index in [2.05, 4.69) is 49.1 Å². The minimum Gasteiger partial charge on any atom is -0.394 e. The van der Waals surface area contributed by atoms with Gasteiger partial charge in [0, 0.05) is 19.1 Å². The van der Waals surface area contributed by atoms with Crippen molar-refractivity contribution in [2.45, 2.75) is 167 Å². The summed E-state index contributed by atoms with van der Waals surface area (Å²) in [6, 6.07) is 0. The van der Waals surface area contributed by atoms with Crippen molar-refractivity contribution in [3.8, 4) is 0 Å². The quantitative estimate of drug-likeness (QED) is 0.0469. The number of aliphatic hydroxyl groups excluding tert-OH is 4. The van der Waals surface area contributed by atoms with Gasteiger partial charge in [-0.1, -0.05) is 105 Å². The first-order chi connectivity index (χ1) is 30.4. The van der Waals surface area contributed by atoms with E-state index in [-0.39, 0.29) is 59.3 Å². The molecule has 9 N–H and O–H groups in total. The van der Waals surface area contributed by atoms with Crippen molar-refractivity contribution in [3.05, 3.63) is 33.4 Å². The Morgan fingerprint density at radius 2 is 1.16 bits per heavy atom. The minimum absolute atomic E-state index is 0.00394. The number of ether oxygens (including phenoxy) is 4. The van der Waals surface area contributed by atoms with E-state index in [1.807, 2.05) is 0 Å². The standard InChI is InChI=1S/C23H37N5O6.C19H31N5O5/c1-4-5-6-7-8-9-10-11-33-18-17(30)15(12-29)34-22(18)28-13-24-16-19(28)25-23(27-21(16)32)26-20(31)14(2)3;1-2-3-4-5-6-7-8-9-28-15-14(26)12(10-25)29-18(15)24-11-21-13-16(24)22-19(20)23-17(13)27/h13-15,17-18,22,29-30H,4-12H2,1-3H3,(H2,25,26,27,31,32);11-12,14-15,18,25-26H,2-10H2,1H3,(H3,20,22,23,27)/t15-,17-,18-,22-;12-,14-,15-,18-/m11/s1. The molecule has 21 heteroatoms. The molecule has 2 aliphatic rings. The number of nitrogens with one attached hydrogen (secondary N) is 3. The average molecular weight is 889 g/mol. The molecule has 0 saturated carbocycles. The molecule has 2 aliphatic heterocycles. The Morgan fingerprint density at radius 1 is 0.730 bits per heavy atom. The number of hydrogen-bond acceptors (Lipinski definition) is 16. The van der Waals surface area contributed by atoms with E-state index in [4.69, 9.17) is 24.7 Å². The molecule has 352 valence electrons. The van der Waals surface area contributed by atoms with Crippen LogP contribution in [-0.4, -0.2) is 128 Å². The van der Waals surface area contributed by atoms with E-state index >= 15 is 0 Å². The van der Waals surface area contributed by atoms with Crippen molar-refractivity contribution < 1.29 is 44.2 Å². The normalized spacial score (nSPS) is 23.5. The molecule has 0 aromatic carbocycles. The number of hydrogen-bond donors (Lipinski definition) is 8. The van der Waals surface area contributed by atoms with Gasteiger partial charge < -0.3 is 45.1 Å². The molecule has 63 heavy (non-hydrogen) atoms. The lowest BCUT2D eigenvalue weighted by Crippen LogP contribution is -2.35. The van der Waals surface area contributed by atoms with Gasteiger partial charge in [0.15, 0.2) is 34.8 Å². The number of nitrogen functional groups attached to an aromatic ring is 1. The highest BCUT2D eigenvalue weighted by Crippen LogP contribution is 2.35. The molecular formula is C42H68N10O11. The highest BCUT2D eigenvalue weighted by molar-refractivity contribution is 5.91. The van der Waals surface area contributed by atoms with Crippen molar-refractivity contribution in [3.63, 3.8) is 0 Å². The number of anilines is 2. The van der Waals surface area contributed by atoms with Crippen LogP contribution in [0.3, 0.4) is 0 Å². The summed E-state index contributed by atoms with van der Waals surface area (Å²) in [5, 5.41) is 43.0. The maximum Gasteiger partial charge on any atom is 0.280 e. The number of nitrogens with two attached hydrogens (primary N) is 1. The Balaban J connectivity index is 0.000000240. The van der Waals surface area contributed by atoms with Gasteiger partial charge in [-0.05, 0) is 12.8 Å². The summed E-state index contributed by atoms with van der Waals surface area (Å²) in [6.07, 6.45) is 12.0. The summed E-state index contributed by atoms with van der Waals surface area (Å²) >= 11 is 0. The van der Waals surface area contributed by atoms with Crippen LogP contribution in [0.2, 0.25) is 0 Å². The van der Waals surface area contributed by atoms with Crippen molar-refractivity contribution in [2.24, 2.45) is 5.92 Å². The molecule has 21 nitrogen and oxygen atoms in total. The molecule has 0 bridgehead atoms. The second kappa shape index (κ2) is 24.6. The lowest BCUT2D eigenvalue weighted by molar-refractivity contribution is -0.118. The third-order valence-corrected chi connectivity index (χ3v) is 11.3. The topological polar surface area (TPSA) is 300 Å². The largest absolute Gasteiger partial charge is 0.394 e. The molecule has 6 heterocycles. The van der Waals surface area contributed by atoms with Gasteiger partial charge in [0.25, 0.3) is 11.1 Å². The Morgan fingerprint density at radius 3 is 1.60 bits per heavy atom. The molecule has 0 aliphatic carbocycles. The van der Waals surface area contributed by atoms with Crippen LogP contribution in [-0.2, 0) is 23.7 Å². The molecule has 8 atom stereocenters. The smallest absolute Gasteiger partial charge is 0.280 e. The van der Waals surface area contributed by atoms with Gasteiger partial charge in [0.2, 0.25) is 17.8 Å². The van der Waals surface area contributed by atoms with Crippen LogP contribution in [0.15, 0.2) is 22.2 Å². The summed E-state index contributed by atoms with van der Waals surface area (Å²) in [5.74, 6) is -0.635. The second-order valence-corrected chi connectivity index (χ2v) is 16.5. The molecule has 0 unspecified atom stereocenters.